The Kier molecular flexibility index (Phi) is 7.52. The van der Waals surface area contributed by atoms with Gasteiger partial charge in [-0.15, -0.1) is 21.5 Å². The second kappa shape index (κ2) is 10.3. The molecule has 2 heterocycles. The van der Waals surface area contributed by atoms with E-state index in [1.807, 2.05) is 17.5 Å². The number of amides is 3. The molecule has 28 heavy (non-hydrogen) atoms. The number of hydrogen-bond donors (Lipinski definition) is 2. The Labute approximate surface area is 167 Å². The van der Waals surface area contributed by atoms with E-state index in [9.17, 15) is 9.59 Å². The Morgan fingerprint density at radius 3 is 2.89 bits per heavy atom. The van der Waals surface area contributed by atoms with E-state index < -0.39 is 6.03 Å². The predicted molar refractivity (Wildman–Crippen MR) is 104 cm³/mol. The fourth-order valence-electron chi connectivity index (χ4n) is 3.10. The summed E-state index contributed by atoms with van der Waals surface area (Å²) >= 11 is 1.51. The number of ether oxygens (including phenoxy) is 1. The third-order valence-corrected chi connectivity index (χ3v) is 5.34. The van der Waals surface area contributed by atoms with Gasteiger partial charge in [0.05, 0.1) is 24.6 Å². The number of carbonyl (C=O) groups is 2. The summed E-state index contributed by atoms with van der Waals surface area (Å²) in [5.74, 6) is 0.476. The summed E-state index contributed by atoms with van der Waals surface area (Å²) in [7, 11) is 1.59. The minimum Gasteiger partial charge on any atom is -0.419 e. The quantitative estimate of drug-likeness (QED) is 0.654. The van der Waals surface area contributed by atoms with Crippen LogP contribution in [0.3, 0.4) is 0 Å². The van der Waals surface area contributed by atoms with Crippen LogP contribution in [0.2, 0.25) is 0 Å². The average Bonchev–Trinajstić information content (AvgIpc) is 3.41. The fraction of sp³-hybridized carbons (Fsp3) is 0.556. The summed E-state index contributed by atoms with van der Waals surface area (Å²) in [5.41, 5.74) is 0. The van der Waals surface area contributed by atoms with Crippen molar-refractivity contribution in [1.29, 1.82) is 0 Å². The molecule has 1 saturated carbocycles. The summed E-state index contributed by atoms with van der Waals surface area (Å²) in [6.45, 7) is 1.25. The monoisotopic (exact) mass is 407 g/mol. The minimum absolute atomic E-state index is 0.0260. The van der Waals surface area contributed by atoms with E-state index in [0.717, 1.165) is 30.6 Å². The number of methoxy groups -OCH3 is 1. The second-order valence-electron chi connectivity index (χ2n) is 6.68. The lowest BCUT2D eigenvalue weighted by Crippen LogP contribution is -2.47. The zero-order valence-corrected chi connectivity index (χ0v) is 16.7. The molecular formula is C18H25N5O4S. The molecule has 1 aliphatic rings. The van der Waals surface area contributed by atoms with E-state index in [4.69, 9.17) is 9.15 Å². The van der Waals surface area contributed by atoms with E-state index in [1.165, 1.54) is 11.3 Å². The molecule has 3 rings (SSSR count). The normalized spacial score (nSPS) is 14.5. The molecule has 0 unspecified atom stereocenters. The Morgan fingerprint density at radius 1 is 1.36 bits per heavy atom. The molecule has 1 aliphatic carbocycles. The van der Waals surface area contributed by atoms with Gasteiger partial charge in [-0.2, -0.15) is 0 Å². The molecular weight excluding hydrogens is 382 g/mol. The summed E-state index contributed by atoms with van der Waals surface area (Å²) in [6.07, 6.45) is 4.15. The van der Waals surface area contributed by atoms with Gasteiger partial charge in [-0.25, -0.2) is 4.79 Å². The van der Waals surface area contributed by atoms with Crippen molar-refractivity contribution in [3.05, 3.63) is 23.4 Å². The molecule has 2 aromatic heterocycles. The topological polar surface area (TPSA) is 110 Å². The van der Waals surface area contributed by atoms with Crippen molar-refractivity contribution in [2.45, 2.75) is 38.3 Å². The minimum atomic E-state index is -0.443. The molecule has 10 heteroatoms. The Morgan fingerprint density at radius 2 is 2.18 bits per heavy atom. The van der Waals surface area contributed by atoms with Crippen molar-refractivity contribution in [2.24, 2.45) is 0 Å². The first-order valence-electron chi connectivity index (χ1n) is 9.32. The van der Waals surface area contributed by atoms with E-state index in [-0.39, 0.29) is 18.5 Å². The molecule has 0 radical (unpaired) electrons. The average molecular weight is 407 g/mol. The van der Waals surface area contributed by atoms with E-state index in [0.29, 0.717) is 31.5 Å². The van der Waals surface area contributed by atoms with Crippen molar-refractivity contribution in [2.75, 3.05) is 26.8 Å². The second-order valence-corrected chi connectivity index (χ2v) is 7.63. The first-order valence-corrected chi connectivity index (χ1v) is 10.2. The van der Waals surface area contributed by atoms with Crippen LogP contribution in [0.5, 0.6) is 0 Å². The molecule has 0 atom stereocenters. The summed E-state index contributed by atoms with van der Waals surface area (Å²) in [5, 5.41) is 15.3. The maximum Gasteiger partial charge on any atom is 0.321 e. The van der Waals surface area contributed by atoms with Gasteiger partial charge in [-0.1, -0.05) is 18.9 Å². The number of urea groups is 1. The third kappa shape index (κ3) is 6.11. The number of hydrogen-bond acceptors (Lipinski definition) is 8. The van der Waals surface area contributed by atoms with Crippen LogP contribution in [0.1, 0.15) is 31.6 Å². The van der Waals surface area contributed by atoms with Gasteiger partial charge >= 0.3 is 6.03 Å². The van der Waals surface area contributed by atoms with E-state index in [1.54, 1.807) is 12.0 Å². The van der Waals surface area contributed by atoms with Crippen LogP contribution < -0.4 is 10.6 Å². The van der Waals surface area contributed by atoms with Crippen LogP contribution in [-0.4, -0.2) is 59.9 Å². The smallest absolute Gasteiger partial charge is 0.321 e. The maximum absolute atomic E-state index is 12.3. The number of nitrogens with one attached hydrogen (secondary N) is 2. The number of rotatable bonds is 9. The summed E-state index contributed by atoms with van der Waals surface area (Å²) in [6, 6.07) is 3.53. The zero-order valence-electron chi connectivity index (χ0n) is 15.8. The number of imide groups is 1. The molecule has 1 fully saturated rings. The number of carbonyl (C=O) groups excluding carboxylic acids is 2. The molecule has 0 saturated heterocycles. The van der Waals surface area contributed by atoms with Gasteiger partial charge in [0.15, 0.2) is 0 Å². The van der Waals surface area contributed by atoms with Crippen LogP contribution in [0, 0.1) is 0 Å². The lowest BCUT2D eigenvalue weighted by atomic mass is 10.2. The van der Waals surface area contributed by atoms with Crippen molar-refractivity contribution < 1.29 is 18.7 Å². The van der Waals surface area contributed by atoms with Crippen LogP contribution in [0.15, 0.2) is 21.9 Å². The van der Waals surface area contributed by atoms with Gasteiger partial charge in [0.25, 0.3) is 5.89 Å². The number of nitrogens with zero attached hydrogens (tertiary/aromatic N) is 3. The first-order chi connectivity index (χ1) is 13.6. The molecule has 2 aromatic rings. The van der Waals surface area contributed by atoms with Gasteiger partial charge in [0, 0.05) is 19.7 Å². The highest BCUT2D eigenvalue weighted by Crippen LogP contribution is 2.23. The number of thiophene rings is 1. The highest BCUT2D eigenvalue weighted by atomic mass is 32.1. The number of aromatic nitrogens is 2. The molecule has 0 bridgehead atoms. The summed E-state index contributed by atoms with van der Waals surface area (Å²) in [4.78, 5) is 26.9. The Bertz CT molecular complexity index is 758. The first kappa shape index (κ1) is 20.4. The van der Waals surface area contributed by atoms with Crippen LogP contribution in [0.25, 0.3) is 10.8 Å². The van der Waals surface area contributed by atoms with Crippen molar-refractivity contribution in [3.63, 3.8) is 0 Å². The van der Waals surface area contributed by atoms with E-state index in [2.05, 4.69) is 20.8 Å². The Balaban J connectivity index is 1.52. The molecule has 152 valence electrons. The van der Waals surface area contributed by atoms with Crippen LogP contribution in [0.4, 0.5) is 4.79 Å². The molecule has 0 spiro atoms. The molecule has 2 N–H and O–H groups in total. The van der Waals surface area contributed by atoms with Crippen molar-refractivity contribution in [1.82, 2.24) is 25.7 Å². The van der Waals surface area contributed by atoms with Crippen molar-refractivity contribution >= 4 is 23.3 Å². The van der Waals surface area contributed by atoms with Gasteiger partial charge in [-0.3, -0.25) is 15.0 Å². The van der Waals surface area contributed by atoms with Gasteiger partial charge in [0.1, 0.15) is 0 Å². The Hall–Kier alpha value is -2.30. The van der Waals surface area contributed by atoms with Crippen LogP contribution >= 0.6 is 11.3 Å². The molecule has 0 aliphatic heterocycles. The highest BCUT2D eigenvalue weighted by Gasteiger charge is 2.20. The van der Waals surface area contributed by atoms with Gasteiger partial charge < -0.3 is 14.5 Å². The predicted octanol–water partition coefficient (Wildman–Crippen LogP) is 2.01. The lowest BCUT2D eigenvalue weighted by molar-refractivity contribution is -0.121. The summed E-state index contributed by atoms with van der Waals surface area (Å²) < 4.78 is 10.8. The standard InChI is InChI=1S/C18H25N5O4S/c1-26-9-8-23(11-15(24)20-18(25)19-13-5-2-3-6-13)12-16-21-22-17(27-16)14-7-4-10-28-14/h4,7,10,13H,2-3,5-6,8-9,11-12H2,1H3,(H2,19,20,24,25). The van der Waals surface area contributed by atoms with Gasteiger partial charge in [0.2, 0.25) is 11.8 Å². The molecule has 0 aromatic carbocycles. The highest BCUT2D eigenvalue weighted by molar-refractivity contribution is 7.13. The SMILES string of the molecule is COCCN(CC(=O)NC(=O)NC1CCCC1)Cc1nnc(-c2cccs2)o1. The largest absolute Gasteiger partial charge is 0.419 e. The van der Waals surface area contributed by atoms with Crippen LogP contribution in [-0.2, 0) is 16.1 Å². The van der Waals surface area contributed by atoms with E-state index >= 15 is 0 Å². The lowest BCUT2D eigenvalue weighted by Gasteiger charge is -2.19. The maximum atomic E-state index is 12.3. The van der Waals surface area contributed by atoms with Crippen molar-refractivity contribution in [3.8, 4) is 10.8 Å². The fourth-order valence-corrected chi connectivity index (χ4v) is 3.75. The molecule has 9 nitrogen and oxygen atoms in total. The molecule has 3 amide bonds. The third-order valence-electron chi connectivity index (χ3n) is 4.48. The van der Waals surface area contributed by atoms with Gasteiger partial charge in [-0.05, 0) is 24.3 Å². The zero-order chi connectivity index (χ0) is 19.8.